The van der Waals surface area contributed by atoms with E-state index in [1.54, 1.807) is 6.20 Å². The SMILES string of the molecule is NCCCNCCn1cccn1. The molecule has 1 heterocycles. The van der Waals surface area contributed by atoms with Gasteiger partial charge in [-0.05, 0) is 25.6 Å². The number of hydrogen-bond donors (Lipinski definition) is 2. The summed E-state index contributed by atoms with van der Waals surface area (Å²) in [4.78, 5) is 0. The lowest BCUT2D eigenvalue weighted by Crippen LogP contribution is -2.22. The molecule has 0 aromatic carbocycles. The molecule has 0 fully saturated rings. The lowest BCUT2D eigenvalue weighted by molar-refractivity contribution is 0.549. The summed E-state index contributed by atoms with van der Waals surface area (Å²) in [7, 11) is 0. The maximum atomic E-state index is 5.35. The minimum Gasteiger partial charge on any atom is -0.330 e. The average molecular weight is 168 g/mol. The first-order valence-electron chi connectivity index (χ1n) is 4.31. The Morgan fingerprint density at radius 1 is 1.42 bits per heavy atom. The van der Waals surface area contributed by atoms with Gasteiger partial charge in [0.1, 0.15) is 0 Å². The first kappa shape index (κ1) is 9.22. The molecule has 0 atom stereocenters. The van der Waals surface area contributed by atoms with Gasteiger partial charge >= 0.3 is 0 Å². The van der Waals surface area contributed by atoms with Crippen LogP contribution in [0.3, 0.4) is 0 Å². The summed E-state index contributed by atoms with van der Waals surface area (Å²) in [5.41, 5.74) is 5.35. The molecule has 68 valence electrons. The Kier molecular flexibility index (Phi) is 4.41. The predicted octanol–water partition coefficient (Wildman–Crippen LogP) is -0.178. The summed E-state index contributed by atoms with van der Waals surface area (Å²) in [5.74, 6) is 0. The van der Waals surface area contributed by atoms with Crippen molar-refractivity contribution in [3.8, 4) is 0 Å². The van der Waals surface area contributed by atoms with Crippen molar-refractivity contribution < 1.29 is 0 Å². The van der Waals surface area contributed by atoms with Gasteiger partial charge in [-0.25, -0.2) is 0 Å². The lowest BCUT2D eigenvalue weighted by Gasteiger charge is -2.03. The Labute approximate surface area is 72.8 Å². The van der Waals surface area contributed by atoms with Gasteiger partial charge < -0.3 is 11.1 Å². The largest absolute Gasteiger partial charge is 0.330 e. The molecule has 4 nitrogen and oxygen atoms in total. The second-order valence-electron chi connectivity index (χ2n) is 2.66. The molecular weight excluding hydrogens is 152 g/mol. The zero-order valence-electron chi connectivity index (χ0n) is 7.24. The third-order valence-electron chi connectivity index (χ3n) is 1.63. The van der Waals surface area contributed by atoms with Crippen molar-refractivity contribution in [2.75, 3.05) is 19.6 Å². The molecule has 1 aromatic rings. The Morgan fingerprint density at radius 3 is 3.00 bits per heavy atom. The molecule has 3 N–H and O–H groups in total. The molecule has 0 bridgehead atoms. The molecule has 0 spiro atoms. The fourth-order valence-corrected chi connectivity index (χ4v) is 0.978. The highest BCUT2D eigenvalue weighted by Crippen LogP contribution is 1.82. The van der Waals surface area contributed by atoms with E-state index in [1.165, 1.54) is 0 Å². The molecule has 0 aliphatic rings. The third kappa shape index (κ3) is 3.50. The zero-order valence-corrected chi connectivity index (χ0v) is 7.24. The number of nitrogens with one attached hydrogen (secondary N) is 1. The van der Waals surface area contributed by atoms with Gasteiger partial charge in [-0.2, -0.15) is 5.10 Å². The molecule has 0 aliphatic heterocycles. The summed E-state index contributed by atoms with van der Waals surface area (Å²) < 4.78 is 1.91. The first-order chi connectivity index (χ1) is 5.93. The second-order valence-corrected chi connectivity index (χ2v) is 2.66. The van der Waals surface area contributed by atoms with Crippen LogP contribution >= 0.6 is 0 Å². The molecule has 0 aliphatic carbocycles. The third-order valence-corrected chi connectivity index (χ3v) is 1.63. The van der Waals surface area contributed by atoms with Crippen LogP contribution < -0.4 is 11.1 Å². The minimum atomic E-state index is 0.759. The summed E-state index contributed by atoms with van der Waals surface area (Å²) in [6.45, 7) is 3.64. The van der Waals surface area contributed by atoms with E-state index in [4.69, 9.17) is 5.73 Å². The maximum absolute atomic E-state index is 5.35. The van der Waals surface area contributed by atoms with Crippen molar-refractivity contribution in [2.24, 2.45) is 5.73 Å². The van der Waals surface area contributed by atoms with E-state index in [2.05, 4.69) is 10.4 Å². The molecule has 0 unspecified atom stereocenters. The molecule has 1 rings (SSSR count). The molecule has 0 radical (unpaired) electrons. The fourth-order valence-electron chi connectivity index (χ4n) is 0.978. The smallest absolute Gasteiger partial charge is 0.0533 e. The highest BCUT2D eigenvalue weighted by Gasteiger charge is 1.89. The molecule has 4 heteroatoms. The first-order valence-corrected chi connectivity index (χ1v) is 4.31. The minimum absolute atomic E-state index is 0.759. The second kappa shape index (κ2) is 5.74. The van der Waals surface area contributed by atoms with Crippen molar-refractivity contribution in [1.82, 2.24) is 15.1 Å². The number of nitrogens with zero attached hydrogens (tertiary/aromatic N) is 2. The van der Waals surface area contributed by atoms with E-state index in [0.717, 1.165) is 32.6 Å². The van der Waals surface area contributed by atoms with Crippen LogP contribution in [0, 0.1) is 0 Å². The summed E-state index contributed by atoms with van der Waals surface area (Å²) in [6, 6.07) is 1.93. The predicted molar refractivity (Wildman–Crippen MR) is 48.8 cm³/mol. The zero-order chi connectivity index (χ0) is 8.65. The quantitative estimate of drug-likeness (QED) is 0.579. The van der Waals surface area contributed by atoms with E-state index in [1.807, 2.05) is 16.9 Å². The molecule has 0 amide bonds. The van der Waals surface area contributed by atoms with E-state index in [9.17, 15) is 0 Å². The maximum Gasteiger partial charge on any atom is 0.0533 e. The lowest BCUT2D eigenvalue weighted by atomic mass is 10.4. The van der Waals surface area contributed by atoms with Crippen molar-refractivity contribution in [1.29, 1.82) is 0 Å². The van der Waals surface area contributed by atoms with Crippen LogP contribution in [0.25, 0.3) is 0 Å². The van der Waals surface area contributed by atoms with E-state index >= 15 is 0 Å². The van der Waals surface area contributed by atoms with Gasteiger partial charge in [0.15, 0.2) is 0 Å². The van der Waals surface area contributed by atoms with Crippen molar-refractivity contribution in [2.45, 2.75) is 13.0 Å². The van der Waals surface area contributed by atoms with Gasteiger partial charge in [-0.1, -0.05) is 0 Å². The highest BCUT2D eigenvalue weighted by atomic mass is 15.3. The monoisotopic (exact) mass is 168 g/mol. The van der Waals surface area contributed by atoms with E-state index in [-0.39, 0.29) is 0 Å². The van der Waals surface area contributed by atoms with Crippen LogP contribution in [0.4, 0.5) is 0 Å². The summed E-state index contributed by atoms with van der Waals surface area (Å²) >= 11 is 0. The van der Waals surface area contributed by atoms with Crippen LogP contribution in [0.5, 0.6) is 0 Å². The molecule has 12 heavy (non-hydrogen) atoms. The van der Waals surface area contributed by atoms with Gasteiger partial charge in [0.05, 0.1) is 6.54 Å². The van der Waals surface area contributed by atoms with Crippen LogP contribution in [0.2, 0.25) is 0 Å². The topological polar surface area (TPSA) is 55.9 Å². The van der Waals surface area contributed by atoms with Gasteiger partial charge in [0.25, 0.3) is 0 Å². The van der Waals surface area contributed by atoms with Crippen molar-refractivity contribution in [3.05, 3.63) is 18.5 Å². The van der Waals surface area contributed by atoms with E-state index < -0.39 is 0 Å². The molecule has 0 saturated carbocycles. The normalized spacial score (nSPS) is 10.4. The Hall–Kier alpha value is -0.870. The van der Waals surface area contributed by atoms with Gasteiger partial charge in [-0.3, -0.25) is 4.68 Å². The average Bonchev–Trinajstić information content (AvgIpc) is 2.57. The standard InChI is InChI=1S/C8H16N4/c9-3-1-4-10-6-8-12-7-2-5-11-12/h2,5,7,10H,1,3-4,6,8-9H2. The molecule has 0 saturated heterocycles. The van der Waals surface area contributed by atoms with Gasteiger partial charge in [0, 0.05) is 18.9 Å². The van der Waals surface area contributed by atoms with E-state index in [0.29, 0.717) is 0 Å². The number of rotatable bonds is 6. The Morgan fingerprint density at radius 2 is 2.33 bits per heavy atom. The van der Waals surface area contributed by atoms with Crippen molar-refractivity contribution in [3.63, 3.8) is 0 Å². The van der Waals surface area contributed by atoms with Crippen LogP contribution in [0.15, 0.2) is 18.5 Å². The highest BCUT2D eigenvalue weighted by molar-refractivity contribution is 4.77. The Balaban J connectivity index is 1.96. The number of nitrogens with two attached hydrogens (primary N) is 1. The van der Waals surface area contributed by atoms with Crippen LogP contribution in [0.1, 0.15) is 6.42 Å². The summed E-state index contributed by atoms with van der Waals surface area (Å²) in [5, 5.41) is 7.37. The van der Waals surface area contributed by atoms with Gasteiger partial charge in [0.2, 0.25) is 0 Å². The molecule has 1 aromatic heterocycles. The number of aromatic nitrogens is 2. The van der Waals surface area contributed by atoms with Crippen LogP contribution in [-0.4, -0.2) is 29.4 Å². The fraction of sp³-hybridized carbons (Fsp3) is 0.625. The van der Waals surface area contributed by atoms with Crippen molar-refractivity contribution >= 4 is 0 Å². The van der Waals surface area contributed by atoms with Gasteiger partial charge in [-0.15, -0.1) is 0 Å². The Bertz CT molecular complexity index is 183. The molecular formula is C8H16N4. The summed E-state index contributed by atoms with van der Waals surface area (Å²) in [6.07, 6.45) is 4.80. The number of hydrogen-bond acceptors (Lipinski definition) is 3. The van der Waals surface area contributed by atoms with Crippen LogP contribution in [-0.2, 0) is 6.54 Å².